The summed E-state index contributed by atoms with van der Waals surface area (Å²) in [5.41, 5.74) is 1.61. The Labute approximate surface area is 514 Å². The fourth-order valence-electron chi connectivity index (χ4n) is 9.60. The van der Waals surface area contributed by atoms with E-state index in [2.05, 4.69) is 68.5 Å². The first-order valence-electron chi connectivity index (χ1n) is 29.0. The second-order valence-corrected chi connectivity index (χ2v) is 24.4. The molecule has 87 heavy (non-hydrogen) atoms. The van der Waals surface area contributed by atoms with Gasteiger partial charge in [-0.25, -0.2) is 4.98 Å². The van der Waals surface area contributed by atoms with Crippen molar-refractivity contribution >= 4 is 80.7 Å². The lowest BCUT2D eigenvalue weighted by Gasteiger charge is -2.32. The Kier molecular flexibility index (Phi) is 29.7. The van der Waals surface area contributed by atoms with Gasteiger partial charge in [0.15, 0.2) is 0 Å². The first-order valence-corrected chi connectivity index (χ1v) is 31.5. The zero-order valence-electron chi connectivity index (χ0n) is 49.7. The molecular formula is C57H85N15O13S2. The van der Waals surface area contributed by atoms with Gasteiger partial charge in [-0.2, -0.15) is 0 Å². The molecule has 5 rings (SSSR count). The van der Waals surface area contributed by atoms with Crippen molar-refractivity contribution in [1.29, 1.82) is 0 Å². The molecule has 9 atom stereocenters. The summed E-state index contributed by atoms with van der Waals surface area (Å²) in [5.74, 6) is -7.83. The van der Waals surface area contributed by atoms with E-state index in [-0.39, 0.29) is 74.3 Å². The maximum absolute atomic E-state index is 15.0. The standard InChI is InChI=1S/C57H85N15O13S2/c1-34(2)22-40-51(79)64-35(3)31-86-87-32-45(57(85)72-19-9-12-46(72)56(84)69-42(24-37-13-15-39(73)16-14-37)53(81)68-44(26-50(77)78)55(83)66-40)70-54(82)43(25-38-27-60-33-63-38)67-52(80)41(23-36-10-7-6-8-11-36)65-48(75)29-61-47(74)28-62-49(76)30-71(20-17-58-4)21-18-59-5/h6-8,10-11,13-16,27,33-35,40-46,52,58-59,67,73,80H,9,12,17-26,28-32H2,1-5H3,(H,60,63)(H,61,74)(H,62,76)(H,64,79)(H,65,75)(H,66,83)(H,68,81)(H,69,84)(H,70,82)(H,77,78)/t35-,40+,41+,42+,43+,44+,45+,46?,52+/m1/s1. The lowest BCUT2D eigenvalue weighted by atomic mass is 10.0. The Morgan fingerprint density at radius 2 is 1.40 bits per heavy atom. The molecular weight excluding hydrogens is 1170 g/mol. The number of carbonyl (C=O) groups excluding carboxylic acids is 9. The number of likely N-dealkylation sites (N-methyl/N-ethyl adjacent to an activating group) is 2. The molecule has 3 aromatic rings. The molecule has 30 heteroatoms. The molecule has 2 aliphatic heterocycles. The third-order valence-corrected chi connectivity index (χ3v) is 16.7. The molecule has 2 aliphatic rings. The summed E-state index contributed by atoms with van der Waals surface area (Å²) in [6.07, 6.45) is 0.684. The number of H-pyrrole nitrogens is 1. The Morgan fingerprint density at radius 1 is 0.770 bits per heavy atom. The number of aromatic hydroxyl groups is 1. The number of nitrogens with one attached hydrogen (secondary N) is 12. The van der Waals surface area contributed by atoms with E-state index < -0.39 is 127 Å². The number of carbonyl (C=O) groups is 10. The molecule has 478 valence electrons. The van der Waals surface area contributed by atoms with Gasteiger partial charge >= 0.3 is 5.97 Å². The van der Waals surface area contributed by atoms with E-state index in [0.717, 1.165) is 0 Å². The van der Waals surface area contributed by atoms with Crippen LogP contribution in [0.1, 0.15) is 63.3 Å². The van der Waals surface area contributed by atoms with Crippen molar-refractivity contribution in [1.82, 2.24) is 78.3 Å². The van der Waals surface area contributed by atoms with Crippen LogP contribution in [0.5, 0.6) is 5.75 Å². The highest BCUT2D eigenvalue weighted by molar-refractivity contribution is 8.76. The number of phenolic OH excluding ortho intramolecular Hbond substituents is 1. The molecule has 2 aromatic carbocycles. The minimum Gasteiger partial charge on any atom is -0.508 e. The van der Waals surface area contributed by atoms with Crippen molar-refractivity contribution in [2.75, 3.05) is 78.0 Å². The molecule has 0 bridgehead atoms. The zero-order chi connectivity index (χ0) is 63.4. The van der Waals surface area contributed by atoms with Crippen LogP contribution in [0, 0.1) is 5.92 Å². The number of aliphatic carboxylic acids is 1. The molecule has 1 aromatic heterocycles. The fourth-order valence-corrected chi connectivity index (χ4v) is 12.0. The minimum absolute atomic E-state index is 0.0421. The first-order chi connectivity index (χ1) is 41.6. The van der Waals surface area contributed by atoms with Gasteiger partial charge in [0.1, 0.15) is 42.2 Å². The van der Waals surface area contributed by atoms with Crippen LogP contribution in [-0.2, 0) is 67.2 Å². The van der Waals surface area contributed by atoms with Gasteiger partial charge in [-0.05, 0) is 75.9 Å². The maximum atomic E-state index is 15.0. The molecule has 2 fully saturated rings. The third kappa shape index (κ3) is 24.7. The van der Waals surface area contributed by atoms with E-state index in [1.165, 1.54) is 63.3 Å². The molecule has 0 aliphatic carbocycles. The summed E-state index contributed by atoms with van der Waals surface area (Å²) in [7, 11) is 6.08. The smallest absolute Gasteiger partial charge is 0.305 e. The van der Waals surface area contributed by atoms with Crippen LogP contribution >= 0.6 is 21.6 Å². The quantitative estimate of drug-likeness (QED) is 0.0258. The van der Waals surface area contributed by atoms with Crippen LogP contribution in [0.25, 0.3) is 0 Å². The van der Waals surface area contributed by atoms with E-state index in [9.17, 15) is 58.5 Å². The number of fused-ring (bicyclic) bond motifs is 1. The highest BCUT2D eigenvalue weighted by Crippen LogP contribution is 2.26. The first kappa shape index (κ1) is 70.4. The molecule has 2 saturated heterocycles. The number of imidazole rings is 1. The SMILES string of the molecule is CNCCN(CCNC)CC(=O)NCC(=O)NCC(=O)N[C@@H](Cc1ccccc1)[C@H](O)N[C@@H](Cc1cnc[nH]1)C(=O)N[C@H]1CSSC[C@@H](C)NC(=O)[C@H](CC(C)C)NC(=O)[C@H](CC(=O)O)NC(=O)[C@H](Cc2ccc(O)cc2)NC(=O)C2CCCN2C1=O. The van der Waals surface area contributed by atoms with Crippen molar-refractivity contribution in [3.8, 4) is 5.75 Å². The number of aliphatic hydroxyl groups is 1. The number of hydrogen-bond donors (Lipinski definition) is 15. The van der Waals surface area contributed by atoms with Gasteiger partial charge in [0.25, 0.3) is 0 Å². The number of phenols is 1. The van der Waals surface area contributed by atoms with E-state index in [1.54, 1.807) is 51.4 Å². The number of nitrogens with zero attached hydrogens (tertiary/aromatic N) is 3. The summed E-state index contributed by atoms with van der Waals surface area (Å²) in [6.45, 7) is 7.07. The van der Waals surface area contributed by atoms with Crippen molar-refractivity contribution < 1.29 is 63.3 Å². The van der Waals surface area contributed by atoms with E-state index in [4.69, 9.17) is 0 Å². The van der Waals surface area contributed by atoms with Crippen LogP contribution in [0.4, 0.5) is 0 Å². The van der Waals surface area contributed by atoms with Crippen molar-refractivity contribution in [2.45, 2.75) is 120 Å². The summed E-state index contributed by atoms with van der Waals surface area (Å²) >= 11 is 0. The molecule has 3 heterocycles. The number of hydrogen-bond acceptors (Lipinski definition) is 19. The number of aromatic amines is 1. The van der Waals surface area contributed by atoms with Crippen LogP contribution in [0.2, 0.25) is 0 Å². The van der Waals surface area contributed by atoms with Crippen molar-refractivity contribution in [2.24, 2.45) is 5.92 Å². The summed E-state index contributed by atoms with van der Waals surface area (Å²) in [4.78, 5) is 148. The number of amides is 9. The molecule has 0 radical (unpaired) electrons. The predicted molar refractivity (Wildman–Crippen MR) is 326 cm³/mol. The Morgan fingerprint density at radius 3 is 2.06 bits per heavy atom. The molecule has 1 unspecified atom stereocenters. The fraction of sp³-hybridized carbons (Fsp3) is 0.561. The van der Waals surface area contributed by atoms with Gasteiger partial charge in [-0.3, -0.25) is 58.2 Å². The minimum atomic E-state index is -1.70. The maximum Gasteiger partial charge on any atom is 0.305 e. The lowest BCUT2D eigenvalue weighted by molar-refractivity contribution is -0.142. The van der Waals surface area contributed by atoms with Crippen LogP contribution in [-0.4, -0.2) is 227 Å². The topological polar surface area (TPSA) is 399 Å². The summed E-state index contributed by atoms with van der Waals surface area (Å²) in [6, 6.07) is 4.84. The van der Waals surface area contributed by atoms with Crippen molar-refractivity contribution in [3.05, 3.63) is 83.9 Å². The second kappa shape index (κ2) is 36.7. The highest BCUT2D eigenvalue weighted by Gasteiger charge is 2.41. The molecule has 0 spiro atoms. The Bertz CT molecular complexity index is 2730. The van der Waals surface area contributed by atoms with E-state index in [0.29, 0.717) is 49.4 Å². The number of rotatable bonds is 28. The van der Waals surface area contributed by atoms with Crippen LogP contribution in [0.3, 0.4) is 0 Å². The Hall–Kier alpha value is -7.35. The van der Waals surface area contributed by atoms with E-state index in [1.807, 2.05) is 18.7 Å². The highest BCUT2D eigenvalue weighted by atomic mass is 33.1. The zero-order valence-corrected chi connectivity index (χ0v) is 51.4. The number of benzene rings is 2. The van der Waals surface area contributed by atoms with Crippen molar-refractivity contribution in [3.63, 3.8) is 0 Å². The second-order valence-electron chi connectivity index (χ2n) is 21.9. The number of aromatic nitrogens is 2. The lowest BCUT2D eigenvalue weighted by Crippen LogP contribution is -2.61. The summed E-state index contributed by atoms with van der Waals surface area (Å²) < 4.78 is 0. The number of carboxylic acids is 1. The largest absolute Gasteiger partial charge is 0.508 e. The molecule has 0 saturated carbocycles. The van der Waals surface area contributed by atoms with E-state index >= 15 is 4.79 Å². The van der Waals surface area contributed by atoms with Crippen LogP contribution in [0.15, 0.2) is 67.1 Å². The van der Waals surface area contributed by atoms with Crippen LogP contribution < -0.4 is 58.5 Å². The molecule has 15 N–H and O–H groups in total. The van der Waals surface area contributed by atoms with Gasteiger partial charge in [0.05, 0.1) is 44.5 Å². The molecule has 28 nitrogen and oxygen atoms in total. The Balaban J connectivity index is 1.40. The van der Waals surface area contributed by atoms with Gasteiger partial charge in [-0.15, -0.1) is 0 Å². The monoisotopic (exact) mass is 1250 g/mol. The number of carboxylic acid groups (broad SMARTS) is 1. The third-order valence-electron chi connectivity index (χ3n) is 14.1. The van der Waals surface area contributed by atoms with Gasteiger partial charge in [0, 0.05) is 75.0 Å². The summed E-state index contributed by atoms with van der Waals surface area (Å²) in [5, 5.41) is 62.4. The number of aliphatic hydroxyl groups excluding tert-OH is 1. The average molecular weight is 1250 g/mol. The van der Waals surface area contributed by atoms with Gasteiger partial charge in [-0.1, -0.05) is 77.9 Å². The van der Waals surface area contributed by atoms with Gasteiger partial charge in [0.2, 0.25) is 53.2 Å². The van der Waals surface area contributed by atoms with Gasteiger partial charge < -0.3 is 78.4 Å². The molecule has 9 amide bonds. The average Bonchev–Trinajstić information content (AvgIpc) is 4.44. The normalized spacial score (nSPS) is 21.1. The predicted octanol–water partition coefficient (Wildman–Crippen LogP) is -2.77.